The van der Waals surface area contributed by atoms with Crippen molar-refractivity contribution in [2.24, 2.45) is 18.4 Å². The number of aryl methyl sites for hydroxylation is 1. The lowest BCUT2D eigenvalue weighted by atomic mass is 9.97. The normalized spacial score (nSPS) is 17.3. The van der Waals surface area contributed by atoms with Gasteiger partial charge in [0.2, 0.25) is 0 Å². The fourth-order valence-electron chi connectivity index (χ4n) is 4.33. The number of nitrogens with two attached hydrogens (primary N) is 1. The Bertz CT molecular complexity index is 1130. The lowest BCUT2D eigenvalue weighted by molar-refractivity contribution is 0.342. The number of nitrogens with zero attached hydrogens (tertiary/aromatic N) is 5. The number of piperidine rings is 1. The van der Waals surface area contributed by atoms with E-state index in [2.05, 4.69) is 42.0 Å². The summed E-state index contributed by atoms with van der Waals surface area (Å²) < 4.78 is 3.51. The van der Waals surface area contributed by atoms with Gasteiger partial charge < -0.3 is 16.0 Å². The number of nitrogen functional groups attached to an aromatic ring is 1. The number of rotatable bonds is 5. The van der Waals surface area contributed by atoms with Gasteiger partial charge in [-0.25, -0.2) is 14.8 Å². The van der Waals surface area contributed by atoms with Crippen LogP contribution >= 0.6 is 0 Å². The zero-order chi connectivity index (χ0) is 22.2. The van der Waals surface area contributed by atoms with Crippen molar-refractivity contribution in [1.82, 2.24) is 19.1 Å². The average Bonchev–Trinajstić information content (AvgIpc) is 2.96. The summed E-state index contributed by atoms with van der Waals surface area (Å²) in [6.07, 6.45) is 4.02. The fourth-order valence-corrected chi connectivity index (χ4v) is 4.33. The molecule has 1 atom stereocenters. The van der Waals surface area contributed by atoms with Gasteiger partial charge in [0.05, 0.1) is 5.52 Å². The first-order valence-corrected chi connectivity index (χ1v) is 11.0. The van der Waals surface area contributed by atoms with Crippen LogP contribution in [0.5, 0.6) is 0 Å². The van der Waals surface area contributed by atoms with Crippen LogP contribution in [0.25, 0.3) is 11.2 Å². The topological polar surface area (TPSA) is 94.0 Å². The molecule has 3 aromatic heterocycles. The van der Waals surface area contributed by atoms with Crippen LogP contribution in [0.1, 0.15) is 33.6 Å². The predicted octanol–water partition coefficient (Wildman–Crippen LogP) is 3.09. The largest absolute Gasteiger partial charge is 0.385 e. The minimum absolute atomic E-state index is 0.00748. The standard InChI is InChI=1S/C23H33N7O/c1-23(2,3)15-30-18-7-8-20(27-21(18)28(4)22(30)31)29-11-5-6-16(14-29)13-26-17-9-10-25-19(24)12-17/h7-10,12,16H,5-6,11,13-15H2,1-4H3,(H3,24,25,26). The number of hydrogen-bond acceptors (Lipinski definition) is 6. The summed E-state index contributed by atoms with van der Waals surface area (Å²) in [6.45, 7) is 9.88. The van der Waals surface area contributed by atoms with Crippen molar-refractivity contribution in [2.75, 3.05) is 35.6 Å². The third-order valence-electron chi connectivity index (χ3n) is 5.82. The number of pyridine rings is 2. The van der Waals surface area contributed by atoms with E-state index in [1.807, 2.05) is 29.8 Å². The monoisotopic (exact) mass is 423 g/mol. The van der Waals surface area contributed by atoms with E-state index in [4.69, 9.17) is 10.7 Å². The van der Waals surface area contributed by atoms with Crippen LogP contribution in [-0.2, 0) is 13.6 Å². The Morgan fingerprint density at radius 3 is 2.81 bits per heavy atom. The maximum atomic E-state index is 12.8. The van der Waals surface area contributed by atoms with Crippen molar-refractivity contribution in [3.8, 4) is 0 Å². The van der Waals surface area contributed by atoms with E-state index in [1.165, 1.54) is 6.42 Å². The van der Waals surface area contributed by atoms with Crippen LogP contribution in [-0.4, -0.2) is 38.7 Å². The van der Waals surface area contributed by atoms with Crippen LogP contribution in [0, 0.1) is 11.3 Å². The second-order valence-corrected chi connectivity index (χ2v) is 9.81. The van der Waals surface area contributed by atoms with E-state index >= 15 is 0 Å². The molecule has 1 aliphatic heterocycles. The third kappa shape index (κ3) is 4.68. The molecule has 0 spiro atoms. The molecule has 3 N–H and O–H groups in total. The van der Waals surface area contributed by atoms with Gasteiger partial charge in [-0.3, -0.25) is 9.13 Å². The van der Waals surface area contributed by atoms with Crippen molar-refractivity contribution < 1.29 is 0 Å². The average molecular weight is 424 g/mol. The van der Waals surface area contributed by atoms with Gasteiger partial charge in [0, 0.05) is 51.2 Å². The van der Waals surface area contributed by atoms with Gasteiger partial charge in [0.1, 0.15) is 11.6 Å². The van der Waals surface area contributed by atoms with Crippen molar-refractivity contribution in [3.63, 3.8) is 0 Å². The quantitative estimate of drug-likeness (QED) is 0.655. The van der Waals surface area contributed by atoms with Crippen molar-refractivity contribution >= 4 is 28.5 Å². The molecule has 0 aromatic carbocycles. The molecular formula is C23H33N7O. The number of hydrogen-bond donors (Lipinski definition) is 2. The lowest BCUT2D eigenvalue weighted by Gasteiger charge is -2.34. The summed E-state index contributed by atoms with van der Waals surface area (Å²) in [7, 11) is 1.81. The summed E-state index contributed by atoms with van der Waals surface area (Å²) in [6, 6.07) is 7.90. The molecule has 0 radical (unpaired) electrons. The molecule has 1 fully saturated rings. The lowest BCUT2D eigenvalue weighted by Crippen LogP contribution is -2.38. The van der Waals surface area contributed by atoms with Crippen LogP contribution in [0.4, 0.5) is 17.3 Å². The number of aromatic nitrogens is 4. The number of imidazole rings is 1. The smallest absolute Gasteiger partial charge is 0.330 e. The first-order chi connectivity index (χ1) is 14.7. The molecule has 3 aromatic rings. The Morgan fingerprint density at radius 2 is 2.06 bits per heavy atom. The third-order valence-corrected chi connectivity index (χ3v) is 5.82. The Morgan fingerprint density at radius 1 is 1.26 bits per heavy atom. The molecule has 166 valence electrons. The minimum atomic E-state index is -0.00748. The van der Waals surface area contributed by atoms with Crippen LogP contribution in [0.3, 0.4) is 0 Å². The summed E-state index contributed by atoms with van der Waals surface area (Å²) >= 11 is 0. The Balaban J connectivity index is 1.51. The first-order valence-electron chi connectivity index (χ1n) is 11.0. The van der Waals surface area contributed by atoms with E-state index in [-0.39, 0.29) is 11.1 Å². The molecule has 1 unspecified atom stereocenters. The van der Waals surface area contributed by atoms with E-state index in [9.17, 15) is 4.79 Å². The molecule has 8 heteroatoms. The number of fused-ring (bicyclic) bond motifs is 1. The maximum Gasteiger partial charge on any atom is 0.330 e. The highest BCUT2D eigenvalue weighted by atomic mass is 16.1. The summed E-state index contributed by atoms with van der Waals surface area (Å²) in [4.78, 5) is 24.1. The van der Waals surface area contributed by atoms with Gasteiger partial charge in [-0.15, -0.1) is 0 Å². The van der Waals surface area contributed by atoms with E-state index in [1.54, 1.807) is 10.8 Å². The SMILES string of the molecule is Cn1c(=O)n(CC(C)(C)C)c2ccc(N3CCCC(CNc4ccnc(N)c4)C3)nc21. The molecule has 0 amide bonds. The summed E-state index contributed by atoms with van der Waals surface area (Å²) in [5.74, 6) is 1.97. The molecule has 0 bridgehead atoms. The van der Waals surface area contributed by atoms with Crippen LogP contribution in [0.15, 0.2) is 35.3 Å². The van der Waals surface area contributed by atoms with Crippen molar-refractivity contribution in [1.29, 1.82) is 0 Å². The van der Waals surface area contributed by atoms with Gasteiger partial charge in [-0.2, -0.15) is 0 Å². The van der Waals surface area contributed by atoms with Gasteiger partial charge in [0.25, 0.3) is 0 Å². The number of anilines is 3. The van der Waals surface area contributed by atoms with Crippen molar-refractivity contribution in [3.05, 3.63) is 40.9 Å². The summed E-state index contributed by atoms with van der Waals surface area (Å²) in [5.41, 5.74) is 8.43. The molecule has 1 saturated heterocycles. The molecule has 1 aliphatic rings. The predicted molar refractivity (Wildman–Crippen MR) is 127 cm³/mol. The number of nitrogens with one attached hydrogen (secondary N) is 1. The minimum Gasteiger partial charge on any atom is -0.385 e. The molecule has 31 heavy (non-hydrogen) atoms. The molecule has 0 saturated carbocycles. The van der Waals surface area contributed by atoms with Crippen LogP contribution in [0.2, 0.25) is 0 Å². The van der Waals surface area contributed by atoms with Gasteiger partial charge in [-0.05, 0) is 42.4 Å². The Kier molecular flexibility index (Phi) is 5.64. The summed E-state index contributed by atoms with van der Waals surface area (Å²) in [5, 5.41) is 3.48. The zero-order valence-electron chi connectivity index (χ0n) is 18.9. The second-order valence-electron chi connectivity index (χ2n) is 9.81. The van der Waals surface area contributed by atoms with Gasteiger partial charge >= 0.3 is 5.69 Å². The molecule has 4 heterocycles. The van der Waals surface area contributed by atoms with Crippen molar-refractivity contribution in [2.45, 2.75) is 40.2 Å². The Labute approximate surface area is 183 Å². The van der Waals surface area contributed by atoms with E-state index in [0.29, 0.717) is 18.3 Å². The highest BCUT2D eigenvalue weighted by Gasteiger charge is 2.23. The molecule has 0 aliphatic carbocycles. The van der Waals surface area contributed by atoms with Crippen LogP contribution < -0.4 is 21.6 Å². The van der Waals surface area contributed by atoms with E-state index < -0.39 is 0 Å². The highest BCUT2D eigenvalue weighted by molar-refractivity contribution is 5.74. The van der Waals surface area contributed by atoms with Gasteiger partial charge in [-0.1, -0.05) is 20.8 Å². The molecule has 8 nitrogen and oxygen atoms in total. The zero-order valence-corrected chi connectivity index (χ0v) is 18.9. The van der Waals surface area contributed by atoms with E-state index in [0.717, 1.165) is 48.7 Å². The fraction of sp³-hybridized carbons (Fsp3) is 0.522. The first kappa shape index (κ1) is 21.2. The van der Waals surface area contributed by atoms with Gasteiger partial charge in [0.15, 0.2) is 5.65 Å². The maximum absolute atomic E-state index is 12.8. The highest BCUT2D eigenvalue weighted by Crippen LogP contribution is 2.25. The second kappa shape index (κ2) is 8.24. The molecular weight excluding hydrogens is 390 g/mol. The molecule has 4 rings (SSSR count). The Hall–Kier alpha value is -3.03.